The topological polar surface area (TPSA) is 62.9 Å². The van der Waals surface area contributed by atoms with Gasteiger partial charge in [0, 0.05) is 5.41 Å². The molecule has 0 saturated heterocycles. The van der Waals surface area contributed by atoms with Crippen molar-refractivity contribution >= 4 is 0 Å². The van der Waals surface area contributed by atoms with Crippen LogP contribution in [0.15, 0.2) is 175 Å². The molecule has 0 heterocycles. The maximum absolute atomic E-state index is 6.89. The molecule has 2 N–H and O–H groups in total. The van der Waals surface area contributed by atoms with E-state index in [-0.39, 0.29) is 5.41 Å². The van der Waals surface area contributed by atoms with Crippen molar-refractivity contribution in [3.63, 3.8) is 0 Å². The highest BCUT2D eigenvalue weighted by Crippen LogP contribution is 2.40. The molecule has 4 aromatic carbocycles. The zero-order valence-corrected chi connectivity index (χ0v) is 36.1. The van der Waals surface area contributed by atoms with Crippen LogP contribution in [0.4, 0.5) is 0 Å². The van der Waals surface area contributed by atoms with Crippen LogP contribution in [0.1, 0.15) is 83.2 Å². The number of hydrogen-bond acceptors (Lipinski definition) is 5. The number of allylic oxidation sites excluding steroid dienone is 7. The van der Waals surface area contributed by atoms with Gasteiger partial charge in [0.15, 0.2) is 0 Å². The van der Waals surface area contributed by atoms with Crippen LogP contribution in [0.25, 0.3) is 0 Å². The Hall–Kier alpha value is -5.52. The molecule has 0 radical (unpaired) electrons. The van der Waals surface area contributed by atoms with Crippen LogP contribution in [0.2, 0.25) is 0 Å². The Morgan fingerprint density at radius 2 is 1.12 bits per heavy atom. The normalized spacial score (nSPS) is 13.5. The minimum Gasteiger partial charge on any atom is -0.501 e. The fourth-order valence-corrected chi connectivity index (χ4v) is 5.90. The lowest BCUT2D eigenvalue weighted by Gasteiger charge is -2.33. The Morgan fingerprint density at radius 3 is 1.54 bits per heavy atom. The van der Waals surface area contributed by atoms with Crippen LogP contribution in [0.3, 0.4) is 0 Å². The average Bonchev–Trinajstić information content (AvgIpc) is 3.28. The van der Waals surface area contributed by atoms with Crippen LogP contribution in [-0.2, 0) is 26.8 Å². The summed E-state index contributed by atoms with van der Waals surface area (Å²) in [7, 11) is 6.65. The third-order valence-corrected chi connectivity index (χ3v) is 9.47. The number of ether oxygens (including phenoxy) is 4. The summed E-state index contributed by atoms with van der Waals surface area (Å²) in [4.78, 5) is 0. The van der Waals surface area contributed by atoms with E-state index in [0.717, 1.165) is 51.7 Å². The highest BCUT2D eigenvalue weighted by atomic mass is 16.5. The van der Waals surface area contributed by atoms with Gasteiger partial charge in [-0.2, -0.15) is 0 Å². The Kier molecular flexibility index (Phi) is 22.1. The highest BCUT2D eigenvalue weighted by molar-refractivity contribution is 5.54. The molecular formula is C51H67NO4. The molecular weight excluding hydrogens is 691 g/mol. The molecule has 0 aliphatic heterocycles. The van der Waals surface area contributed by atoms with E-state index in [9.17, 15) is 0 Å². The van der Waals surface area contributed by atoms with E-state index in [1.807, 2.05) is 139 Å². The van der Waals surface area contributed by atoms with Crippen molar-refractivity contribution in [2.24, 2.45) is 5.73 Å². The van der Waals surface area contributed by atoms with E-state index in [2.05, 4.69) is 69.5 Å². The van der Waals surface area contributed by atoms with Gasteiger partial charge in [-0.15, -0.1) is 0 Å². The molecule has 0 aliphatic carbocycles. The fourth-order valence-electron chi connectivity index (χ4n) is 5.90. The van der Waals surface area contributed by atoms with Crippen LogP contribution in [0.5, 0.6) is 11.5 Å². The van der Waals surface area contributed by atoms with Gasteiger partial charge in [0.1, 0.15) is 17.3 Å². The first-order chi connectivity index (χ1) is 27.0. The Balaban J connectivity index is 0.000000516. The second-order valence-corrected chi connectivity index (χ2v) is 12.4. The lowest BCUT2D eigenvalue weighted by molar-refractivity contribution is 0.293. The van der Waals surface area contributed by atoms with Crippen molar-refractivity contribution in [3.05, 3.63) is 203 Å². The van der Waals surface area contributed by atoms with Crippen molar-refractivity contribution in [1.82, 2.24) is 0 Å². The Labute approximate surface area is 339 Å². The molecule has 2 unspecified atom stereocenters. The summed E-state index contributed by atoms with van der Waals surface area (Å²) in [6.45, 7) is 24.6. The predicted octanol–water partition coefficient (Wildman–Crippen LogP) is 12.8. The Bertz CT molecular complexity index is 1800. The van der Waals surface area contributed by atoms with E-state index < -0.39 is 5.54 Å². The monoisotopic (exact) mass is 758 g/mol. The van der Waals surface area contributed by atoms with E-state index >= 15 is 0 Å². The fraction of sp³-hybridized carbons (Fsp3) is 0.294. The van der Waals surface area contributed by atoms with Gasteiger partial charge in [-0.3, -0.25) is 0 Å². The summed E-state index contributed by atoms with van der Waals surface area (Å²) in [5.41, 5.74) is 13.2. The molecule has 300 valence electrons. The van der Waals surface area contributed by atoms with E-state index in [1.54, 1.807) is 28.4 Å². The molecule has 4 rings (SSSR count). The third-order valence-electron chi connectivity index (χ3n) is 9.47. The summed E-state index contributed by atoms with van der Waals surface area (Å²) in [5.74, 6) is 3.25. The number of methoxy groups -OCH3 is 4. The SMILES string of the molecule is C=C(/C=C\C(=C/C)OC)C(N)(c1ccccc1)c1ccc(OC)cc1.C=C/C(=C\C=C(/C)OC)C(C)(c1ccc(CC)cc1)c1ccc(OC)cc1.CC.CC. The maximum atomic E-state index is 6.89. The number of aryl methyl sites for hydroxylation is 1. The largest absolute Gasteiger partial charge is 0.501 e. The lowest BCUT2D eigenvalue weighted by atomic mass is 9.70. The third kappa shape index (κ3) is 12.8. The molecule has 5 heteroatoms. The molecule has 56 heavy (non-hydrogen) atoms. The number of hydrogen-bond donors (Lipinski definition) is 1. The molecule has 0 spiro atoms. The highest BCUT2D eigenvalue weighted by Gasteiger charge is 2.33. The van der Waals surface area contributed by atoms with Gasteiger partial charge in [0.25, 0.3) is 0 Å². The quantitative estimate of drug-likeness (QED) is 0.0966. The molecule has 0 saturated carbocycles. The zero-order valence-electron chi connectivity index (χ0n) is 36.1. The van der Waals surface area contributed by atoms with Crippen LogP contribution in [-0.4, -0.2) is 28.4 Å². The number of benzene rings is 4. The second-order valence-electron chi connectivity index (χ2n) is 12.4. The van der Waals surface area contributed by atoms with Gasteiger partial charge in [-0.05, 0) is 109 Å². The van der Waals surface area contributed by atoms with Gasteiger partial charge in [0.05, 0.1) is 39.7 Å². The minimum absolute atomic E-state index is 0.342. The van der Waals surface area contributed by atoms with Gasteiger partial charge in [-0.1, -0.05) is 145 Å². The van der Waals surface area contributed by atoms with Gasteiger partial charge < -0.3 is 24.7 Å². The van der Waals surface area contributed by atoms with Crippen LogP contribution >= 0.6 is 0 Å². The minimum atomic E-state index is -0.851. The zero-order chi connectivity index (χ0) is 42.1. The van der Waals surface area contributed by atoms with Crippen LogP contribution in [0, 0.1) is 0 Å². The van der Waals surface area contributed by atoms with E-state index in [1.165, 1.54) is 16.7 Å². The summed E-state index contributed by atoms with van der Waals surface area (Å²) in [6.07, 6.45) is 12.7. The molecule has 0 aromatic heterocycles. The standard InChI is InChI=1S/C25H30O2.C22H25NO2.2C2H6/c1-7-20-10-13-22(14-11-20)25(4,21(8-2)12-9-19(3)26-5)23-15-17-24(27-6)18-16-23;1-5-20(24-3)14-11-17(2)22(23,18-9-7-6-8-10-18)19-12-15-21(25-4)16-13-19;2*1-2/h8-18H,2,7H2,1,3-6H3;5-16H,2,23H2,1,3-4H3;2*1-2H3/b19-9+,21-12+;14-11-,20-5+;;. The maximum Gasteiger partial charge on any atom is 0.118 e. The predicted molar refractivity (Wildman–Crippen MR) is 240 cm³/mol. The smallest absolute Gasteiger partial charge is 0.118 e. The summed E-state index contributed by atoms with van der Waals surface area (Å²) in [5, 5.41) is 0. The molecule has 0 fully saturated rings. The lowest BCUT2D eigenvalue weighted by Crippen LogP contribution is -2.39. The van der Waals surface area contributed by atoms with Gasteiger partial charge >= 0.3 is 0 Å². The number of rotatable bonds is 15. The second kappa shape index (κ2) is 25.5. The van der Waals surface area contributed by atoms with Crippen molar-refractivity contribution in [2.75, 3.05) is 28.4 Å². The molecule has 2 atom stereocenters. The first-order valence-corrected chi connectivity index (χ1v) is 19.4. The molecule has 4 aromatic rings. The first-order valence-electron chi connectivity index (χ1n) is 19.4. The summed E-state index contributed by atoms with van der Waals surface area (Å²) in [6, 6.07) is 34.8. The van der Waals surface area contributed by atoms with Crippen molar-refractivity contribution in [2.45, 2.75) is 72.8 Å². The van der Waals surface area contributed by atoms with Gasteiger partial charge in [-0.25, -0.2) is 0 Å². The average molecular weight is 758 g/mol. The first kappa shape index (κ1) is 48.5. The molecule has 0 aliphatic rings. The van der Waals surface area contributed by atoms with Gasteiger partial charge in [0.2, 0.25) is 0 Å². The van der Waals surface area contributed by atoms with Crippen LogP contribution < -0.4 is 15.2 Å². The van der Waals surface area contributed by atoms with Crippen molar-refractivity contribution in [1.29, 1.82) is 0 Å². The van der Waals surface area contributed by atoms with E-state index in [0.29, 0.717) is 0 Å². The molecule has 0 amide bonds. The van der Waals surface area contributed by atoms with Crippen molar-refractivity contribution in [3.8, 4) is 11.5 Å². The number of nitrogens with two attached hydrogens (primary N) is 1. The molecule has 0 bridgehead atoms. The summed E-state index contributed by atoms with van der Waals surface area (Å²) >= 11 is 0. The van der Waals surface area contributed by atoms with Crippen molar-refractivity contribution < 1.29 is 18.9 Å². The summed E-state index contributed by atoms with van der Waals surface area (Å²) < 4.78 is 21.2. The Morgan fingerprint density at radius 1 is 0.661 bits per heavy atom. The molecule has 5 nitrogen and oxygen atoms in total. The van der Waals surface area contributed by atoms with E-state index in [4.69, 9.17) is 24.7 Å².